The molecule has 0 aromatic heterocycles. The molecule has 2 aromatic rings. The monoisotopic (exact) mass is 466 g/mol. The predicted molar refractivity (Wildman–Crippen MR) is 112 cm³/mol. The van der Waals surface area contributed by atoms with Gasteiger partial charge < -0.3 is 10.1 Å². The summed E-state index contributed by atoms with van der Waals surface area (Å²) < 4.78 is 33.3. The Morgan fingerprint density at radius 1 is 1.11 bits per heavy atom. The molecule has 0 saturated heterocycles. The van der Waals surface area contributed by atoms with Crippen molar-refractivity contribution in [2.45, 2.75) is 29.6 Å². The maximum atomic E-state index is 12.5. The molecular formula is C20H23BrN2O4S. The second kappa shape index (κ2) is 8.63. The Morgan fingerprint density at radius 3 is 2.32 bits per heavy atom. The highest BCUT2D eigenvalue weighted by atomic mass is 79.9. The molecule has 28 heavy (non-hydrogen) atoms. The Kier molecular flexibility index (Phi) is 6.42. The summed E-state index contributed by atoms with van der Waals surface area (Å²) in [7, 11) is -2.02. The van der Waals surface area contributed by atoms with Crippen LogP contribution >= 0.6 is 15.9 Å². The van der Waals surface area contributed by atoms with Crippen LogP contribution in [-0.4, -0.2) is 34.6 Å². The zero-order chi connectivity index (χ0) is 20.2. The van der Waals surface area contributed by atoms with Gasteiger partial charge in [-0.1, -0.05) is 28.1 Å². The highest BCUT2D eigenvalue weighted by molar-refractivity contribution is 9.10. The van der Waals surface area contributed by atoms with E-state index in [-0.39, 0.29) is 10.8 Å². The van der Waals surface area contributed by atoms with Gasteiger partial charge in [0.2, 0.25) is 5.91 Å². The van der Waals surface area contributed by atoms with Crippen molar-refractivity contribution >= 4 is 37.5 Å². The van der Waals surface area contributed by atoms with Crippen LogP contribution in [0.5, 0.6) is 0 Å². The second-order valence-corrected chi connectivity index (χ2v) is 9.42. The van der Waals surface area contributed by atoms with Gasteiger partial charge in [0.05, 0.1) is 10.3 Å². The number of anilines is 1. The van der Waals surface area contributed by atoms with E-state index in [2.05, 4.69) is 26.0 Å². The lowest BCUT2D eigenvalue weighted by Gasteiger charge is -2.16. The molecule has 1 aliphatic carbocycles. The van der Waals surface area contributed by atoms with Crippen molar-refractivity contribution in [1.82, 2.24) is 5.32 Å². The van der Waals surface area contributed by atoms with Crippen molar-refractivity contribution in [3.05, 3.63) is 58.6 Å². The summed E-state index contributed by atoms with van der Waals surface area (Å²) in [6, 6.07) is 13.5. The fraction of sp³-hybridized carbons (Fsp3) is 0.350. The molecule has 0 bridgehead atoms. The average Bonchev–Trinajstić information content (AvgIpc) is 3.48. The molecule has 8 heteroatoms. The summed E-state index contributed by atoms with van der Waals surface area (Å²) in [6.07, 6.45) is 2.37. The lowest BCUT2D eigenvalue weighted by molar-refractivity contribution is -0.123. The first-order valence-electron chi connectivity index (χ1n) is 9.04. The molecule has 1 amide bonds. The van der Waals surface area contributed by atoms with Gasteiger partial charge in [0.15, 0.2) is 0 Å². The van der Waals surface area contributed by atoms with Gasteiger partial charge in [0, 0.05) is 30.4 Å². The van der Waals surface area contributed by atoms with Crippen LogP contribution in [-0.2, 0) is 25.0 Å². The number of methoxy groups -OCH3 is 1. The van der Waals surface area contributed by atoms with Gasteiger partial charge >= 0.3 is 0 Å². The average molecular weight is 467 g/mol. The van der Waals surface area contributed by atoms with E-state index in [1.54, 1.807) is 31.4 Å². The summed E-state index contributed by atoms with van der Waals surface area (Å²) >= 11 is 3.29. The highest BCUT2D eigenvalue weighted by Crippen LogP contribution is 2.48. The fourth-order valence-corrected chi connectivity index (χ4v) is 4.37. The number of carbonyl (C=O) groups excluding carboxylic acids is 1. The minimum Gasteiger partial charge on any atom is -0.385 e. The van der Waals surface area contributed by atoms with E-state index in [0.717, 1.165) is 29.3 Å². The minimum atomic E-state index is -3.66. The van der Waals surface area contributed by atoms with Gasteiger partial charge in [-0.25, -0.2) is 8.42 Å². The summed E-state index contributed by atoms with van der Waals surface area (Å²) in [5, 5.41) is 2.96. The van der Waals surface area contributed by atoms with E-state index in [4.69, 9.17) is 4.74 Å². The zero-order valence-electron chi connectivity index (χ0n) is 15.6. The SMILES string of the molecule is COCCCNC(=O)C1(c2ccc(NS(=O)(=O)c3ccc(Br)cc3)cc2)CC1. The lowest BCUT2D eigenvalue weighted by atomic mass is 9.95. The normalized spacial score (nSPS) is 15.1. The van der Waals surface area contributed by atoms with Crippen LogP contribution < -0.4 is 10.0 Å². The molecule has 0 radical (unpaired) electrons. The molecule has 0 atom stereocenters. The van der Waals surface area contributed by atoms with E-state index >= 15 is 0 Å². The molecule has 3 rings (SSSR count). The largest absolute Gasteiger partial charge is 0.385 e. The van der Waals surface area contributed by atoms with E-state index in [0.29, 0.717) is 18.8 Å². The predicted octanol–water partition coefficient (Wildman–Crippen LogP) is 3.43. The van der Waals surface area contributed by atoms with Gasteiger partial charge in [-0.3, -0.25) is 9.52 Å². The number of rotatable bonds is 9. The Morgan fingerprint density at radius 2 is 1.75 bits per heavy atom. The molecule has 0 heterocycles. The smallest absolute Gasteiger partial charge is 0.261 e. The third-order valence-electron chi connectivity index (χ3n) is 4.81. The number of nitrogens with one attached hydrogen (secondary N) is 2. The van der Waals surface area contributed by atoms with Crippen molar-refractivity contribution in [3.63, 3.8) is 0 Å². The number of amides is 1. The quantitative estimate of drug-likeness (QED) is 0.554. The van der Waals surface area contributed by atoms with Gasteiger partial charge in [-0.05, 0) is 61.2 Å². The summed E-state index contributed by atoms with van der Waals surface area (Å²) in [5.74, 6) is 0.0202. The summed E-state index contributed by atoms with van der Waals surface area (Å²) in [5.41, 5.74) is 0.877. The topological polar surface area (TPSA) is 84.5 Å². The Hall–Kier alpha value is -1.90. The number of ether oxygens (including phenoxy) is 1. The van der Waals surface area contributed by atoms with Crippen molar-refractivity contribution in [1.29, 1.82) is 0 Å². The van der Waals surface area contributed by atoms with Crippen LogP contribution in [0.25, 0.3) is 0 Å². The van der Waals surface area contributed by atoms with Crippen LogP contribution in [0.4, 0.5) is 5.69 Å². The molecule has 2 N–H and O–H groups in total. The van der Waals surface area contributed by atoms with E-state index in [1.807, 2.05) is 12.1 Å². The molecule has 0 spiro atoms. The lowest BCUT2D eigenvalue weighted by Crippen LogP contribution is -2.35. The van der Waals surface area contributed by atoms with E-state index in [1.165, 1.54) is 12.1 Å². The second-order valence-electron chi connectivity index (χ2n) is 6.82. The first kappa shape index (κ1) is 20.8. The molecule has 0 unspecified atom stereocenters. The van der Waals surface area contributed by atoms with Crippen LogP contribution in [0.15, 0.2) is 57.9 Å². The molecule has 1 aliphatic rings. The fourth-order valence-electron chi connectivity index (χ4n) is 3.04. The molecule has 6 nitrogen and oxygen atoms in total. The number of carbonyl (C=O) groups is 1. The van der Waals surface area contributed by atoms with E-state index in [9.17, 15) is 13.2 Å². The van der Waals surface area contributed by atoms with Gasteiger partial charge in [-0.2, -0.15) is 0 Å². The van der Waals surface area contributed by atoms with Gasteiger partial charge in [0.1, 0.15) is 0 Å². The first-order valence-corrected chi connectivity index (χ1v) is 11.3. The van der Waals surface area contributed by atoms with Crippen LogP contribution in [0.3, 0.4) is 0 Å². The van der Waals surface area contributed by atoms with Crippen molar-refractivity contribution in [3.8, 4) is 0 Å². The maximum Gasteiger partial charge on any atom is 0.261 e. The van der Waals surface area contributed by atoms with Crippen molar-refractivity contribution in [2.24, 2.45) is 0 Å². The number of halogens is 1. The highest BCUT2D eigenvalue weighted by Gasteiger charge is 2.50. The molecule has 150 valence electrons. The Balaban J connectivity index is 1.66. The molecule has 0 aliphatic heterocycles. The van der Waals surface area contributed by atoms with Gasteiger partial charge in [0.25, 0.3) is 10.0 Å². The molecule has 1 saturated carbocycles. The molecular weight excluding hydrogens is 444 g/mol. The van der Waals surface area contributed by atoms with E-state index < -0.39 is 15.4 Å². The number of benzene rings is 2. The number of hydrogen-bond donors (Lipinski definition) is 2. The van der Waals surface area contributed by atoms with Crippen LogP contribution in [0.2, 0.25) is 0 Å². The number of hydrogen-bond acceptors (Lipinski definition) is 4. The standard InChI is InChI=1S/C20H23BrN2O4S/c1-27-14-2-13-22-19(24)20(11-12-20)15-3-7-17(8-4-15)23-28(25,26)18-9-5-16(21)6-10-18/h3-10,23H,2,11-14H2,1H3,(H,22,24). The first-order chi connectivity index (χ1) is 13.4. The third kappa shape index (κ3) is 4.74. The summed E-state index contributed by atoms with van der Waals surface area (Å²) in [4.78, 5) is 12.7. The van der Waals surface area contributed by atoms with Crippen LogP contribution in [0.1, 0.15) is 24.8 Å². The Labute approximate surface area is 173 Å². The number of sulfonamides is 1. The van der Waals surface area contributed by atoms with Gasteiger partial charge in [-0.15, -0.1) is 0 Å². The van der Waals surface area contributed by atoms with Crippen molar-refractivity contribution < 1.29 is 17.9 Å². The molecule has 1 fully saturated rings. The van der Waals surface area contributed by atoms with Crippen molar-refractivity contribution in [2.75, 3.05) is 25.0 Å². The van der Waals surface area contributed by atoms with Crippen LogP contribution in [0, 0.1) is 0 Å². The minimum absolute atomic E-state index is 0.0202. The zero-order valence-corrected chi connectivity index (χ0v) is 18.0. The summed E-state index contributed by atoms with van der Waals surface area (Å²) in [6.45, 7) is 1.19. The maximum absolute atomic E-state index is 12.5. The Bertz CT molecular complexity index is 924. The third-order valence-corrected chi connectivity index (χ3v) is 6.73. The molecule has 2 aromatic carbocycles.